The first-order valence-corrected chi connectivity index (χ1v) is 5.76. The first-order chi connectivity index (χ1) is 8.33. The van der Waals surface area contributed by atoms with Gasteiger partial charge in [-0.05, 0) is 35.7 Å². The summed E-state index contributed by atoms with van der Waals surface area (Å²) >= 11 is 0. The van der Waals surface area contributed by atoms with Crippen LogP contribution in [0.2, 0.25) is 0 Å². The number of anilines is 1. The maximum absolute atomic E-state index is 12.8. The van der Waals surface area contributed by atoms with E-state index in [1.807, 2.05) is 18.2 Å². The summed E-state index contributed by atoms with van der Waals surface area (Å²) in [6.07, 6.45) is 2.72. The zero-order valence-corrected chi connectivity index (χ0v) is 9.36. The molecule has 2 nitrogen and oxygen atoms in total. The van der Waals surface area contributed by atoms with Gasteiger partial charge in [0.1, 0.15) is 11.6 Å². The normalized spacial score (nSPS) is 17.6. The molecule has 0 amide bonds. The second kappa shape index (κ2) is 4.17. The van der Waals surface area contributed by atoms with Crippen molar-refractivity contribution in [3.05, 3.63) is 59.5 Å². The summed E-state index contributed by atoms with van der Waals surface area (Å²) in [5, 5.41) is 3.30. The van der Waals surface area contributed by atoms with Crippen LogP contribution >= 0.6 is 0 Å². The Bertz CT molecular complexity index is 522. The molecule has 1 aliphatic heterocycles. The molecule has 1 aromatic heterocycles. The van der Waals surface area contributed by atoms with Crippen molar-refractivity contribution in [1.82, 2.24) is 4.98 Å². The maximum atomic E-state index is 12.8. The molecule has 0 saturated carbocycles. The molecule has 1 atom stereocenters. The summed E-state index contributed by atoms with van der Waals surface area (Å²) in [6, 6.07) is 10.8. The van der Waals surface area contributed by atoms with Gasteiger partial charge in [-0.15, -0.1) is 0 Å². The number of halogens is 1. The van der Waals surface area contributed by atoms with E-state index in [1.165, 1.54) is 17.7 Å². The van der Waals surface area contributed by atoms with E-state index in [0.29, 0.717) is 5.92 Å². The van der Waals surface area contributed by atoms with E-state index < -0.39 is 0 Å². The van der Waals surface area contributed by atoms with E-state index >= 15 is 0 Å². The SMILES string of the molecule is Fc1ccc(CC2CNc3ncccc32)cc1. The summed E-state index contributed by atoms with van der Waals surface area (Å²) in [4.78, 5) is 4.29. The Morgan fingerprint density at radius 3 is 2.88 bits per heavy atom. The number of aromatic nitrogens is 1. The number of fused-ring (bicyclic) bond motifs is 1. The summed E-state index contributed by atoms with van der Waals surface area (Å²) < 4.78 is 12.8. The fourth-order valence-electron chi connectivity index (χ4n) is 2.31. The van der Waals surface area contributed by atoms with Crippen molar-refractivity contribution < 1.29 is 4.39 Å². The Hall–Kier alpha value is -1.90. The average Bonchev–Trinajstić information content (AvgIpc) is 2.76. The number of rotatable bonds is 2. The molecular formula is C14H13FN2. The van der Waals surface area contributed by atoms with E-state index in [-0.39, 0.29) is 5.82 Å². The standard InChI is InChI=1S/C14H13FN2/c15-12-5-3-10(4-6-12)8-11-9-17-14-13(11)2-1-7-16-14/h1-7,11H,8-9H2,(H,16,17). The van der Waals surface area contributed by atoms with Crippen LogP contribution in [0.3, 0.4) is 0 Å². The lowest BCUT2D eigenvalue weighted by atomic mass is 9.95. The van der Waals surface area contributed by atoms with Crippen LogP contribution in [0, 0.1) is 5.82 Å². The highest BCUT2D eigenvalue weighted by molar-refractivity contribution is 5.52. The van der Waals surface area contributed by atoms with Crippen molar-refractivity contribution in [3.8, 4) is 0 Å². The van der Waals surface area contributed by atoms with Crippen molar-refractivity contribution in [1.29, 1.82) is 0 Å². The largest absolute Gasteiger partial charge is 0.369 e. The third kappa shape index (κ3) is 2.00. The zero-order chi connectivity index (χ0) is 11.7. The van der Waals surface area contributed by atoms with Crippen molar-refractivity contribution in [2.24, 2.45) is 0 Å². The molecule has 0 aliphatic carbocycles. The van der Waals surface area contributed by atoms with Crippen LogP contribution in [0.1, 0.15) is 17.0 Å². The molecule has 0 bridgehead atoms. The minimum absolute atomic E-state index is 0.180. The van der Waals surface area contributed by atoms with Crippen LogP contribution in [0.15, 0.2) is 42.6 Å². The van der Waals surface area contributed by atoms with Crippen LogP contribution < -0.4 is 5.32 Å². The lowest BCUT2D eigenvalue weighted by Gasteiger charge is -2.09. The number of nitrogens with one attached hydrogen (secondary N) is 1. The van der Waals surface area contributed by atoms with Gasteiger partial charge < -0.3 is 5.32 Å². The molecule has 2 heterocycles. The van der Waals surface area contributed by atoms with Gasteiger partial charge in [-0.2, -0.15) is 0 Å². The van der Waals surface area contributed by atoms with Gasteiger partial charge in [-0.3, -0.25) is 0 Å². The predicted octanol–water partition coefficient (Wildman–Crippen LogP) is 2.97. The highest BCUT2D eigenvalue weighted by atomic mass is 19.1. The summed E-state index contributed by atoms with van der Waals surface area (Å²) in [5.74, 6) is 1.24. The number of benzene rings is 1. The molecule has 0 saturated heterocycles. The molecule has 86 valence electrons. The van der Waals surface area contributed by atoms with Crippen LogP contribution in [0.5, 0.6) is 0 Å². The molecule has 0 fully saturated rings. The van der Waals surface area contributed by atoms with Crippen LogP contribution in [-0.4, -0.2) is 11.5 Å². The molecule has 17 heavy (non-hydrogen) atoms. The van der Waals surface area contributed by atoms with Crippen molar-refractivity contribution >= 4 is 5.82 Å². The average molecular weight is 228 g/mol. The van der Waals surface area contributed by atoms with E-state index in [0.717, 1.165) is 24.3 Å². The number of hydrogen-bond acceptors (Lipinski definition) is 2. The third-order valence-electron chi connectivity index (χ3n) is 3.19. The number of nitrogens with zero attached hydrogens (tertiary/aromatic N) is 1. The Labute approximate surface area is 99.5 Å². The van der Waals surface area contributed by atoms with Crippen molar-refractivity contribution in [3.63, 3.8) is 0 Å². The van der Waals surface area contributed by atoms with E-state index in [1.54, 1.807) is 6.20 Å². The first kappa shape index (κ1) is 10.3. The Morgan fingerprint density at radius 1 is 1.24 bits per heavy atom. The van der Waals surface area contributed by atoms with Gasteiger partial charge in [0.2, 0.25) is 0 Å². The molecule has 1 unspecified atom stereocenters. The van der Waals surface area contributed by atoms with Gasteiger partial charge >= 0.3 is 0 Å². The van der Waals surface area contributed by atoms with E-state index in [2.05, 4.69) is 16.4 Å². The monoisotopic (exact) mass is 228 g/mol. The molecule has 0 spiro atoms. The summed E-state index contributed by atoms with van der Waals surface area (Å²) in [5.41, 5.74) is 2.42. The van der Waals surface area contributed by atoms with Gasteiger partial charge in [-0.25, -0.2) is 9.37 Å². The molecule has 3 rings (SSSR count). The third-order valence-corrected chi connectivity index (χ3v) is 3.19. The van der Waals surface area contributed by atoms with Crippen LogP contribution in [0.4, 0.5) is 10.2 Å². The van der Waals surface area contributed by atoms with Gasteiger partial charge in [-0.1, -0.05) is 18.2 Å². The molecule has 2 aromatic rings. The Morgan fingerprint density at radius 2 is 2.06 bits per heavy atom. The second-order valence-electron chi connectivity index (χ2n) is 4.35. The second-order valence-corrected chi connectivity index (χ2v) is 4.35. The van der Waals surface area contributed by atoms with E-state index in [4.69, 9.17) is 0 Å². The molecule has 1 aliphatic rings. The highest BCUT2D eigenvalue weighted by Gasteiger charge is 2.22. The summed E-state index contributed by atoms with van der Waals surface area (Å²) in [6.45, 7) is 0.906. The minimum Gasteiger partial charge on any atom is -0.369 e. The first-order valence-electron chi connectivity index (χ1n) is 5.76. The Balaban J connectivity index is 1.81. The molecule has 1 aromatic carbocycles. The zero-order valence-electron chi connectivity index (χ0n) is 9.36. The van der Waals surface area contributed by atoms with Crippen LogP contribution in [-0.2, 0) is 6.42 Å². The fourth-order valence-corrected chi connectivity index (χ4v) is 2.31. The molecule has 0 radical (unpaired) electrons. The van der Waals surface area contributed by atoms with Gasteiger partial charge in [0.15, 0.2) is 0 Å². The smallest absolute Gasteiger partial charge is 0.129 e. The fraction of sp³-hybridized carbons (Fsp3) is 0.214. The minimum atomic E-state index is -0.180. The van der Waals surface area contributed by atoms with Crippen molar-refractivity contribution in [2.75, 3.05) is 11.9 Å². The van der Waals surface area contributed by atoms with Gasteiger partial charge in [0.05, 0.1) is 0 Å². The predicted molar refractivity (Wildman–Crippen MR) is 65.6 cm³/mol. The lowest BCUT2D eigenvalue weighted by molar-refractivity contribution is 0.626. The van der Waals surface area contributed by atoms with Gasteiger partial charge in [0.25, 0.3) is 0 Å². The highest BCUT2D eigenvalue weighted by Crippen LogP contribution is 2.31. The summed E-state index contributed by atoms with van der Waals surface area (Å²) in [7, 11) is 0. The topological polar surface area (TPSA) is 24.9 Å². The molecule has 1 N–H and O–H groups in total. The van der Waals surface area contributed by atoms with Crippen LogP contribution in [0.25, 0.3) is 0 Å². The lowest BCUT2D eigenvalue weighted by Crippen LogP contribution is -2.05. The Kier molecular flexibility index (Phi) is 2.52. The number of pyridine rings is 1. The van der Waals surface area contributed by atoms with Crippen molar-refractivity contribution in [2.45, 2.75) is 12.3 Å². The number of hydrogen-bond donors (Lipinski definition) is 1. The maximum Gasteiger partial charge on any atom is 0.129 e. The molecule has 3 heteroatoms. The molecular weight excluding hydrogens is 215 g/mol. The van der Waals surface area contributed by atoms with E-state index in [9.17, 15) is 4.39 Å². The van der Waals surface area contributed by atoms with Gasteiger partial charge in [0, 0.05) is 18.7 Å². The quantitative estimate of drug-likeness (QED) is 0.854.